The molecule has 0 aromatic heterocycles. The van der Waals surface area contributed by atoms with Crippen LogP contribution in [0.5, 0.6) is 0 Å². The zero-order chi connectivity index (χ0) is 15.2. The number of benzene rings is 1. The molecule has 1 aromatic carbocycles. The molecule has 0 aliphatic rings. The number of halogens is 2. The van der Waals surface area contributed by atoms with Crippen molar-refractivity contribution in [3.05, 3.63) is 35.4 Å². The molecule has 0 heterocycles. The average molecular weight is 285 g/mol. The molecule has 1 N–H and O–H groups in total. The molecule has 1 atom stereocenters. The quantitative estimate of drug-likeness (QED) is 0.786. The highest BCUT2D eigenvalue weighted by Gasteiger charge is 2.24. The maximum atomic E-state index is 13.7. The molecule has 2 nitrogen and oxygen atoms in total. The largest absolute Gasteiger partial charge is 0.379 e. The molecule has 0 bridgehead atoms. The Labute approximate surface area is 120 Å². The Morgan fingerprint density at radius 1 is 1.25 bits per heavy atom. The number of ether oxygens (including phenoxy) is 1. The zero-order valence-corrected chi connectivity index (χ0v) is 12.8. The molecule has 0 radical (unpaired) electrons. The van der Waals surface area contributed by atoms with Gasteiger partial charge in [-0.05, 0) is 51.8 Å². The van der Waals surface area contributed by atoms with Crippen LogP contribution in [-0.4, -0.2) is 25.3 Å². The second-order valence-electron chi connectivity index (χ2n) is 5.72. The van der Waals surface area contributed by atoms with Gasteiger partial charge in [0, 0.05) is 18.7 Å². The minimum atomic E-state index is -0.483. The normalized spacial score (nSPS) is 13.5. The Balaban J connectivity index is 2.83. The first-order chi connectivity index (χ1) is 9.39. The predicted octanol–water partition coefficient (Wildman–Crippen LogP) is 3.69. The Kier molecular flexibility index (Phi) is 6.56. The van der Waals surface area contributed by atoms with E-state index in [4.69, 9.17) is 4.74 Å². The number of nitrogens with one attached hydrogen (secondary N) is 1. The lowest BCUT2D eigenvalue weighted by atomic mass is 9.93. The Morgan fingerprint density at radius 2 is 1.85 bits per heavy atom. The lowest BCUT2D eigenvalue weighted by Gasteiger charge is -2.29. The van der Waals surface area contributed by atoms with Gasteiger partial charge in [-0.1, -0.05) is 13.0 Å². The van der Waals surface area contributed by atoms with E-state index in [1.807, 2.05) is 13.8 Å². The van der Waals surface area contributed by atoms with Gasteiger partial charge in [0.2, 0.25) is 0 Å². The molecular formula is C16H25F2NO. The van der Waals surface area contributed by atoms with Gasteiger partial charge in [-0.2, -0.15) is 0 Å². The highest BCUT2D eigenvalue weighted by Crippen LogP contribution is 2.21. The molecule has 0 fully saturated rings. The molecule has 20 heavy (non-hydrogen) atoms. The Morgan fingerprint density at radius 3 is 2.35 bits per heavy atom. The topological polar surface area (TPSA) is 21.3 Å². The van der Waals surface area contributed by atoms with E-state index >= 15 is 0 Å². The number of hydrogen-bond donors (Lipinski definition) is 1. The fourth-order valence-electron chi connectivity index (χ4n) is 2.22. The van der Waals surface area contributed by atoms with Crippen molar-refractivity contribution >= 4 is 0 Å². The van der Waals surface area contributed by atoms with Crippen molar-refractivity contribution in [2.24, 2.45) is 0 Å². The van der Waals surface area contributed by atoms with Crippen LogP contribution in [0.25, 0.3) is 0 Å². The molecule has 0 amide bonds. The van der Waals surface area contributed by atoms with E-state index < -0.39 is 11.6 Å². The van der Waals surface area contributed by atoms with Gasteiger partial charge in [0.15, 0.2) is 0 Å². The Bertz CT molecular complexity index is 401. The summed E-state index contributed by atoms with van der Waals surface area (Å²) in [6.45, 7) is 6.84. The number of methoxy groups -OCH3 is 1. The molecule has 0 saturated carbocycles. The summed E-state index contributed by atoms with van der Waals surface area (Å²) < 4.78 is 32.9. The highest BCUT2D eigenvalue weighted by atomic mass is 19.1. The first-order valence-electron chi connectivity index (χ1n) is 7.11. The second kappa shape index (κ2) is 7.70. The van der Waals surface area contributed by atoms with Crippen molar-refractivity contribution in [3.8, 4) is 0 Å². The SMILES string of the molecule is CCCNC(Cc1c(F)cccc1F)CC(C)(C)OC. The van der Waals surface area contributed by atoms with Crippen LogP contribution in [-0.2, 0) is 11.2 Å². The van der Waals surface area contributed by atoms with Crippen LogP contribution in [0.3, 0.4) is 0 Å². The highest BCUT2D eigenvalue weighted by molar-refractivity contribution is 5.20. The van der Waals surface area contributed by atoms with Gasteiger partial charge < -0.3 is 10.1 Å². The van der Waals surface area contributed by atoms with Gasteiger partial charge in [0.1, 0.15) is 11.6 Å². The summed E-state index contributed by atoms with van der Waals surface area (Å²) in [6, 6.07) is 3.98. The molecule has 4 heteroatoms. The second-order valence-corrected chi connectivity index (χ2v) is 5.72. The van der Waals surface area contributed by atoms with Crippen molar-refractivity contribution in [1.82, 2.24) is 5.32 Å². The van der Waals surface area contributed by atoms with Crippen molar-refractivity contribution in [2.45, 2.75) is 51.7 Å². The van der Waals surface area contributed by atoms with Gasteiger partial charge in [-0.3, -0.25) is 0 Å². The minimum absolute atomic E-state index is 0.0173. The lowest BCUT2D eigenvalue weighted by Crippen LogP contribution is -2.39. The zero-order valence-electron chi connectivity index (χ0n) is 12.8. The molecule has 114 valence electrons. The summed E-state index contributed by atoms with van der Waals surface area (Å²) in [5.74, 6) is -0.966. The van der Waals surface area contributed by atoms with Crippen molar-refractivity contribution in [1.29, 1.82) is 0 Å². The monoisotopic (exact) mass is 285 g/mol. The molecule has 1 rings (SSSR count). The molecule has 1 unspecified atom stereocenters. The molecule has 1 aromatic rings. The van der Waals surface area contributed by atoms with E-state index in [-0.39, 0.29) is 17.2 Å². The fraction of sp³-hybridized carbons (Fsp3) is 0.625. The molecule has 0 spiro atoms. The lowest BCUT2D eigenvalue weighted by molar-refractivity contribution is 0.00701. The molecule has 0 saturated heterocycles. The summed E-state index contributed by atoms with van der Waals surface area (Å²) in [7, 11) is 1.65. The van der Waals surface area contributed by atoms with Crippen LogP contribution in [0.4, 0.5) is 8.78 Å². The summed E-state index contributed by atoms with van der Waals surface area (Å²) in [5, 5.41) is 3.35. The standard InChI is InChI=1S/C16H25F2NO/c1-5-9-19-12(11-16(2,3)20-4)10-13-14(17)7-6-8-15(13)18/h6-8,12,19H,5,9-11H2,1-4H3. The summed E-state index contributed by atoms with van der Waals surface area (Å²) in [6.07, 6.45) is 1.99. The maximum absolute atomic E-state index is 13.7. The third kappa shape index (κ3) is 5.17. The van der Waals surface area contributed by atoms with Crippen LogP contribution in [0.1, 0.15) is 39.2 Å². The number of rotatable bonds is 8. The third-order valence-electron chi connectivity index (χ3n) is 3.49. The molecule has 0 aliphatic heterocycles. The van der Waals surface area contributed by atoms with Crippen LogP contribution < -0.4 is 5.32 Å². The van der Waals surface area contributed by atoms with Gasteiger partial charge >= 0.3 is 0 Å². The first kappa shape index (κ1) is 17.1. The summed E-state index contributed by atoms with van der Waals surface area (Å²) in [5.41, 5.74) is -0.180. The van der Waals surface area contributed by atoms with E-state index in [2.05, 4.69) is 12.2 Å². The summed E-state index contributed by atoms with van der Waals surface area (Å²) >= 11 is 0. The van der Waals surface area contributed by atoms with Gasteiger partial charge in [0.05, 0.1) is 5.60 Å². The van der Waals surface area contributed by atoms with Crippen molar-refractivity contribution < 1.29 is 13.5 Å². The molecular weight excluding hydrogens is 260 g/mol. The maximum Gasteiger partial charge on any atom is 0.129 e. The third-order valence-corrected chi connectivity index (χ3v) is 3.49. The van der Waals surface area contributed by atoms with Crippen molar-refractivity contribution in [2.75, 3.05) is 13.7 Å². The van der Waals surface area contributed by atoms with Gasteiger partial charge in [0.25, 0.3) is 0 Å². The Hall–Kier alpha value is -1.00. The van der Waals surface area contributed by atoms with E-state index in [0.29, 0.717) is 12.8 Å². The van der Waals surface area contributed by atoms with Crippen LogP contribution in [0, 0.1) is 11.6 Å². The van der Waals surface area contributed by atoms with Crippen LogP contribution in [0.15, 0.2) is 18.2 Å². The smallest absolute Gasteiger partial charge is 0.129 e. The number of hydrogen-bond acceptors (Lipinski definition) is 2. The molecule has 0 aliphatic carbocycles. The van der Waals surface area contributed by atoms with Gasteiger partial charge in [-0.25, -0.2) is 8.78 Å². The van der Waals surface area contributed by atoms with E-state index in [1.54, 1.807) is 7.11 Å². The predicted molar refractivity (Wildman–Crippen MR) is 77.8 cm³/mol. The van der Waals surface area contributed by atoms with Gasteiger partial charge in [-0.15, -0.1) is 0 Å². The first-order valence-corrected chi connectivity index (χ1v) is 7.11. The summed E-state index contributed by atoms with van der Waals surface area (Å²) in [4.78, 5) is 0. The van der Waals surface area contributed by atoms with Crippen LogP contribution >= 0.6 is 0 Å². The van der Waals surface area contributed by atoms with Crippen molar-refractivity contribution in [3.63, 3.8) is 0 Å². The minimum Gasteiger partial charge on any atom is -0.379 e. The fourth-order valence-corrected chi connectivity index (χ4v) is 2.22. The van der Waals surface area contributed by atoms with E-state index in [9.17, 15) is 8.78 Å². The average Bonchev–Trinajstić information content (AvgIpc) is 2.40. The van der Waals surface area contributed by atoms with E-state index in [1.165, 1.54) is 18.2 Å². The van der Waals surface area contributed by atoms with E-state index in [0.717, 1.165) is 13.0 Å². The van der Waals surface area contributed by atoms with Crippen LogP contribution in [0.2, 0.25) is 0 Å².